The molecule has 0 saturated heterocycles. The van der Waals surface area contributed by atoms with E-state index >= 15 is 0 Å². The predicted octanol–water partition coefficient (Wildman–Crippen LogP) is 3.89. The summed E-state index contributed by atoms with van der Waals surface area (Å²) in [5, 5.41) is 0. The monoisotopic (exact) mass is 310 g/mol. The Morgan fingerprint density at radius 3 is 2.82 bits per heavy atom. The Bertz CT molecular complexity index is 610. The van der Waals surface area contributed by atoms with Crippen molar-refractivity contribution in [3.8, 4) is 17.1 Å². The summed E-state index contributed by atoms with van der Waals surface area (Å²) < 4.78 is 6.75. The quantitative estimate of drug-likeness (QED) is 0.855. The van der Waals surface area contributed by atoms with E-state index in [-0.39, 0.29) is 0 Å². The summed E-state index contributed by atoms with van der Waals surface area (Å²) in [5.41, 5.74) is 2.04. The van der Waals surface area contributed by atoms with Crippen LogP contribution in [-0.2, 0) is 0 Å². The average Bonchev–Trinajstić information content (AvgIpc) is 2.32. The zero-order valence-electron chi connectivity index (χ0n) is 9.45. The van der Waals surface area contributed by atoms with E-state index in [1.165, 1.54) is 0 Å². The fourth-order valence-electron chi connectivity index (χ4n) is 1.51. The Labute approximate surface area is 113 Å². The summed E-state index contributed by atoms with van der Waals surface area (Å²) >= 11 is 8.48. The van der Waals surface area contributed by atoms with Gasteiger partial charge in [0, 0.05) is 6.20 Å². The average molecular weight is 311 g/mol. The minimum Gasteiger partial charge on any atom is -0.496 e. The van der Waals surface area contributed by atoms with Gasteiger partial charge in [0.25, 0.3) is 0 Å². The highest BCUT2D eigenvalue weighted by molar-refractivity contribution is 9.10. The van der Waals surface area contributed by atoms with Gasteiger partial charge in [-0.1, -0.05) is 18.3 Å². The molecule has 0 aliphatic rings. The molecule has 2 rings (SSSR count). The lowest BCUT2D eigenvalue weighted by Crippen LogP contribution is -1.94. The number of ether oxygens (including phenoxy) is 1. The number of aromatic amines is 1. The Morgan fingerprint density at radius 1 is 1.41 bits per heavy atom. The number of nitrogens with one attached hydrogen (secondary N) is 1. The molecule has 0 atom stereocenters. The first-order valence-electron chi connectivity index (χ1n) is 5.01. The lowest BCUT2D eigenvalue weighted by Gasteiger charge is -2.08. The molecule has 88 valence electrons. The smallest absolute Gasteiger partial charge is 0.142 e. The lowest BCUT2D eigenvalue weighted by atomic mass is 10.1. The van der Waals surface area contributed by atoms with Gasteiger partial charge in [0.05, 0.1) is 17.1 Å². The van der Waals surface area contributed by atoms with Crippen molar-refractivity contribution in [1.29, 1.82) is 0 Å². The third-order valence-electron chi connectivity index (χ3n) is 2.37. The molecule has 0 amide bonds. The number of hydrogen-bond acceptors (Lipinski definition) is 3. The van der Waals surface area contributed by atoms with Gasteiger partial charge >= 0.3 is 0 Å². The molecular weight excluding hydrogens is 300 g/mol. The first-order chi connectivity index (χ1) is 8.11. The van der Waals surface area contributed by atoms with Crippen LogP contribution in [-0.4, -0.2) is 17.1 Å². The van der Waals surface area contributed by atoms with Crippen molar-refractivity contribution < 1.29 is 4.74 Å². The molecule has 1 heterocycles. The van der Waals surface area contributed by atoms with Crippen LogP contribution in [0.15, 0.2) is 28.9 Å². The Balaban J connectivity index is 2.59. The van der Waals surface area contributed by atoms with Gasteiger partial charge in [-0.3, -0.25) is 0 Å². The second kappa shape index (κ2) is 4.98. The number of nitrogens with zero attached hydrogens (tertiary/aromatic N) is 1. The number of aromatic nitrogens is 2. The fraction of sp³-hybridized carbons (Fsp3) is 0.167. The Kier molecular flexibility index (Phi) is 3.59. The van der Waals surface area contributed by atoms with E-state index in [9.17, 15) is 0 Å². The first-order valence-corrected chi connectivity index (χ1v) is 6.22. The zero-order valence-corrected chi connectivity index (χ0v) is 11.9. The van der Waals surface area contributed by atoms with Crippen molar-refractivity contribution in [2.75, 3.05) is 7.11 Å². The zero-order chi connectivity index (χ0) is 12.4. The van der Waals surface area contributed by atoms with Crippen molar-refractivity contribution in [3.05, 3.63) is 39.1 Å². The van der Waals surface area contributed by atoms with Crippen LogP contribution in [0.1, 0.15) is 5.56 Å². The topological polar surface area (TPSA) is 37.9 Å². The molecule has 0 fully saturated rings. The Hall–Kier alpha value is -1.20. The molecule has 5 heteroatoms. The van der Waals surface area contributed by atoms with Crippen LogP contribution in [0.5, 0.6) is 5.75 Å². The third kappa shape index (κ3) is 2.56. The van der Waals surface area contributed by atoms with Gasteiger partial charge in [-0.2, -0.15) is 0 Å². The summed E-state index contributed by atoms with van der Waals surface area (Å²) in [7, 11) is 1.64. The molecule has 3 nitrogen and oxygen atoms in total. The van der Waals surface area contributed by atoms with Gasteiger partial charge < -0.3 is 9.72 Å². The summed E-state index contributed by atoms with van der Waals surface area (Å²) in [6.07, 6.45) is 1.69. The number of hydrogen-bond donors (Lipinski definition) is 1. The first kappa shape index (κ1) is 12.3. The van der Waals surface area contributed by atoms with E-state index in [1.54, 1.807) is 13.3 Å². The SMILES string of the molecule is COc1cc(C)ccc1-c1ncc(Br)c(=S)[nH]1. The van der Waals surface area contributed by atoms with Gasteiger partial charge in [-0.15, -0.1) is 0 Å². The number of benzene rings is 1. The molecule has 0 bridgehead atoms. The minimum absolute atomic E-state index is 0.623. The minimum atomic E-state index is 0.623. The van der Waals surface area contributed by atoms with E-state index in [2.05, 4.69) is 25.9 Å². The maximum Gasteiger partial charge on any atom is 0.142 e. The second-order valence-electron chi connectivity index (χ2n) is 3.61. The van der Waals surface area contributed by atoms with Crippen molar-refractivity contribution in [3.63, 3.8) is 0 Å². The molecule has 2 aromatic rings. The van der Waals surface area contributed by atoms with E-state index in [0.717, 1.165) is 21.3 Å². The van der Waals surface area contributed by atoms with Gasteiger partial charge in [-0.25, -0.2) is 4.98 Å². The summed E-state index contributed by atoms with van der Waals surface area (Å²) in [5.74, 6) is 1.49. The van der Waals surface area contributed by atoms with Gasteiger partial charge in [0.2, 0.25) is 0 Å². The van der Waals surface area contributed by atoms with E-state index in [0.29, 0.717) is 10.5 Å². The molecule has 0 spiro atoms. The summed E-state index contributed by atoms with van der Waals surface area (Å²) in [6, 6.07) is 5.95. The standard InChI is InChI=1S/C12H11BrN2OS/c1-7-3-4-8(10(5-7)16-2)11-14-6-9(13)12(17)15-11/h3-6H,1-2H3,(H,14,15,17). The third-order valence-corrected chi connectivity index (χ3v) is 3.55. The van der Waals surface area contributed by atoms with E-state index in [4.69, 9.17) is 17.0 Å². The maximum absolute atomic E-state index is 5.34. The van der Waals surface area contributed by atoms with Crippen LogP contribution < -0.4 is 4.74 Å². The van der Waals surface area contributed by atoms with Gasteiger partial charge in [0.1, 0.15) is 16.2 Å². The van der Waals surface area contributed by atoms with E-state index < -0.39 is 0 Å². The highest BCUT2D eigenvalue weighted by atomic mass is 79.9. The molecule has 1 aromatic carbocycles. The van der Waals surface area contributed by atoms with Crippen molar-refractivity contribution >= 4 is 28.1 Å². The van der Waals surface area contributed by atoms with E-state index in [1.807, 2.05) is 25.1 Å². The van der Waals surface area contributed by atoms with Crippen LogP contribution >= 0.6 is 28.1 Å². The fourth-order valence-corrected chi connectivity index (χ4v) is 1.86. The molecule has 1 aromatic heterocycles. The highest BCUT2D eigenvalue weighted by Gasteiger charge is 2.08. The van der Waals surface area contributed by atoms with Crippen LogP contribution in [0.4, 0.5) is 0 Å². The molecule has 0 saturated carbocycles. The normalized spacial score (nSPS) is 10.3. The lowest BCUT2D eigenvalue weighted by molar-refractivity contribution is 0.416. The van der Waals surface area contributed by atoms with Crippen LogP contribution in [0.3, 0.4) is 0 Å². The number of rotatable bonds is 2. The molecule has 0 aliphatic carbocycles. The van der Waals surface area contributed by atoms with Crippen molar-refractivity contribution in [2.45, 2.75) is 6.92 Å². The molecule has 17 heavy (non-hydrogen) atoms. The number of H-pyrrole nitrogens is 1. The van der Waals surface area contributed by atoms with Gasteiger partial charge in [0.15, 0.2) is 0 Å². The predicted molar refractivity (Wildman–Crippen MR) is 73.8 cm³/mol. The van der Waals surface area contributed by atoms with Crippen LogP contribution in [0, 0.1) is 11.6 Å². The molecule has 0 radical (unpaired) electrons. The number of methoxy groups -OCH3 is 1. The molecule has 1 N–H and O–H groups in total. The second-order valence-corrected chi connectivity index (χ2v) is 4.88. The summed E-state index contributed by atoms with van der Waals surface area (Å²) in [4.78, 5) is 7.36. The maximum atomic E-state index is 5.34. The Morgan fingerprint density at radius 2 is 2.18 bits per heavy atom. The van der Waals surface area contributed by atoms with Crippen molar-refractivity contribution in [1.82, 2.24) is 9.97 Å². The number of halogens is 1. The van der Waals surface area contributed by atoms with Crippen molar-refractivity contribution in [2.24, 2.45) is 0 Å². The highest BCUT2D eigenvalue weighted by Crippen LogP contribution is 2.28. The summed E-state index contributed by atoms with van der Waals surface area (Å²) in [6.45, 7) is 2.02. The number of aryl methyl sites for hydroxylation is 1. The van der Waals surface area contributed by atoms with Gasteiger partial charge in [-0.05, 0) is 40.5 Å². The largest absolute Gasteiger partial charge is 0.496 e. The van der Waals surface area contributed by atoms with Crippen LogP contribution in [0.2, 0.25) is 0 Å². The molecule has 0 unspecified atom stereocenters. The molecular formula is C12H11BrN2OS. The molecule has 0 aliphatic heterocycles. The van der Waals surface area contributed by atoms with Crippen LogP contribution in [0.25, 0.3) is 11.4 Å².